The van der Waals surface area contributed by atoms with Crippen LogP contribution >= 0.6 is 0 Å². The fraction of sp³-hybridized carbons (Fsp3) is 0.857. The molecule has 0 amide bonds. The predicted molar refractivity (Wildman–Crippen MR) is 43.1 cm³/mol. The second-order valence-corrected chi connectivity index (χ2v) is 1.69. The summed E-state index contributed by atoms with van der Waals surface area (Å²) >= 11 is 0. The molecule has 0 aliphatic rings. The van der Waals surface area contributed by atoms with E-state index in [4.69, 9.17) is 5.41 Å². The molecule has 1 N–H and O–H groups in total. The van der Waals surface area contributed by atoms with Crippen LogP contribution in [0.1, 0.15) is 27.2 Å². The molecule has 0 radical (unpaired) electrons. The van der Waals surface area contributed by atoms with Crippen molar-refractivity contribution >= 4 is 5.84 Å². The molecule has 0 aliphatic carbocycles. The number of amidine groups is 1. The van der Waals surface area contributed by atoms with E-state index in [-0.39, 0.29) is 0 Å². The van der Waals surface area contributed by atoms with Crippen molar-refractivity contribution in [3.8, 4) is 0 Å². The SMILES string of the molecule is CC.CCC(=N)N(C)C. The second kappa shape index (κ2) is 7.47. The molecule has 0 spiro atoms. The van der Waals surface area contributed by atoms with Crippen molar-refractivity contribution in [2.24, 2.45) is 0 Å². The third kappa shape index (κ3) is 7.47. The minimum Gasteiger partial charge on any atom is -0.367 e. The van der Waals surface area contributed by atoms with Crippen molar-refractivity contribution < 1.29 is 0 Å². The summed E-state index contributed by atoms with van der Waals surface area (Å²) in [4.78, 5) is 1.81. The highest BCUT2D eigenvalue weighted by atomic mass is 15.1. The molecular formula is C7H18N2. The van der Waals surface area contributed by atoms with E-state index in [0.717, 1.165) is 6.42 Å². The van der Waals surface area contributed by atoms with E-state index in [9.17, 15) is 0 Å². The Labute approximate surface area is 58.4 Å². The van der Waals surface area contributed by atoms with Gasteiger partial charge in [-0.25, -0.2) is 0 Å². The highest BCUT2D eigenvalue weighted by molar-refractivity contribution is 5.78. The zero-order valence-corrected chi connectivity index (χ0v) is 7.15. The van der Waals surface area contributed by atoms with Crippen molar-refractivity contribution in [3.63, 3.8) is 0 Å². The highest BCUT2D eigenvalue weighted by Gasteiger charge is 1.89. The molecule has 0 aliphatic heterocycles. The fourth-order valence-electron chi connectivity index (χ4n) is 0.316. The molecule has 0 aromatic heterocycles. The van der Waals surface area contributed by atoms with E-state index in [2.05, 4.69) is 0 Å². The summed E-state index contributed by atoms with van der Waals surface area (Å²) in [5.41, 5.74) is 0. The molecule has 9 heavy (non-hydrogen) atoms. The van der Waals surface area contributed by atoms with Gasteiger partial charge in [-0.15, -0.1) is 0 Å². The minimum atomic E-state index is 0.681. The van der Waals surface area contributed by atoms with Gasteiger partial charge >= 0.3 is 0 Å². The van der Waals surface area contributed by atoms with Crippen LogP contribution in [0.25, 0.3) is 0 Å². The van der Waals surface area contributed by atoms with Gasteiger partial charge in [-0.1, -0.05) is 20.8 Å². The Kier molecular flexibility index (Phi) is 9.37. The van der Waals surface area contributed by atoms with Gasteiger partial charge in [0.05, 0.1) is 5.84 Å². The largest absolute Gasteiger partial charge is 0.367 e. The normalized spacial score (nSPS) is 7.22. The van der Waals surface area contributed by atoms with Crippen molar-refractivity contribution in [2.75, 3.05) is 14.1 Å². The van der Waals surface area contributed by atoms with Crippen LogP contribution in [-0.4, -0.2) is 24.8 Å². The van der Waals surface area contributed by atoms with Gasteiger partial charge in [-0.05, 0) is 0 Å². The van der Waals surface area contributed by atoms with Gasteiger partial charge in [0.1, 0.15) is 0 Å². The Morgan fingerprint density at radius 1 is 1.33 bits per heavy atom. The van der Waals surface area contributed by atoms with Crippen LogP contribution in [0.2, 0.25) is 0 Å². The molecule has 2 nitrogen and oxygen atoms in total. The van der Waals surface area contributed by atoms with Crippen LogP contribution in [0.3, 0.4) is 0 Å². The van der Waals surface area contributed by atoms with E-state index in [0.29, 0.717) is 5.84 Å². The average molecular weight is 130 g/mol. The lowest BCUT2D eigenvalue weighted by molar-refractivity contribution is 0.602. The number of hydrogen-bond acceptors (Lipinski definition) is 1. The quantitative estimate of drug-likeness (QED) is 0.426. The summed E-state index contributed by atoms with van der Waals surface area (Å²) in [7, 11) is 3.76. The van der Waals surface area contributed by atoms with Gasteiger partial charge < -0.3 is 4.90 Å². The van der Waals surface area contributed by atoms with Gasteiger partial charge in [0.25, 0.3) is 0 Å². The summed E-state index contributed by atoms with van der Waals surface area (Å²) in [5, 5.41) is 7.12. The molecule has 0 bridgehead atoms. The van der Waals surface area contributed by atoms with E-state index in [1.807, 2.05) is 34.9 Å². The molecule has 0 unspecified atom stereocenters. The molecular weight excluding hydrogens is 112 g/mol. The molecule has 2 heteroatoms. The van der Waals surface area contributed by atoms with Crippen molar-refractivity contribution in [3.05, 3.63) is 0 Å². The number of nitrogens with one attached hydrogen (secondary N) is 1. The number of nitrogens with zero attached hydrogens (tertiary/aromatic N) is 1. The standard InChI is InChI=1S/C5H12N2.C2H6/c1-4-5(6)7(2)3;1-2/h6H,4H2,1-3H3;1-2H3. The fourth-order valence-corrected chi connectivity index (χ4v) is 0.316. The van der Waals surface area contributed by atoms with E-state index >= 15 is 0 Å². The van der Waals surface area contributed by atoms with Gasteiger partial charge in [0, 0.05) is 20.5 Å². The van der Waals surface area contributed by atoms with Crippen LogP contribution in [0.4, 0.5) is 0 Å². The van der Waals surface area contributed by atoms with Crippen molar-refractivity contribution in [2.45, 2.75) is 27.2 Å². The van der Waals surface area contributed by atoms with Crippen LogP contribution in [0, 0.1) is 5.41 Å². The van der Waals surface area contributed by atoms with Gasteiger partial charge in [0.2, 0.25) is 0 Å². The van der Waals surface area contributed by atoms with Gasteiger partial charge in [0.15, 0.2) is 0 Å². The third-order valence-corrected chi connectivity index (χ3v) is 0.875. The summed E-state index contributed by atoms with van der Waals surface area (Å²) in [6.07, 6.45) is 0.826. The first kappa shape index (κ1) is 11.3. The lowest BCUT2D eigenvalue weighted by atomic mass is 10.4. The molecule has 0 fully saturated rings. The second-order valence-electron chi connectivity index (χ2n) is 1.69. The Hall–Kier alpha value is -0.530. The molecule has 56 valence electrons. The zero-order chi connectivity index (χ0) is 7.86. The number of hydrogen-bond donors (Lipinski definition) is 1. The van der Waals surface area contributed by atoms with Gasteiger partial charge in [-0.3, -0.25) is 5.41 Å². The van der Waals surface area contributed by atoms with Crippen molar-refractivity contribution in [1.29, 1.82) is 5.41 Å². The van der Waals surface area contributed by atoms with Crippen LogP contribution in [0.5, 0.6) is 0 Å². The molecule has 0 aromatic rings. The van der Waals surface area contributed by atoms with E-state index < -0.39 is 0 Å². The van der Waals surface area contributed by atoms with Crippen LogP contribution in [0.15, 0.2) is 0 Å². The summed E-state index contributed by atoms with van der Waals surface area (Å²) in [6, 6.07) is 0. The first-order valence-electron chi connectivity index (χ1n) is 3.43. The minimum absolute atomic E-state index is 0.681. The first-order valence-corrected chi connectivity index (χ1v) is 3.43. The van der Waals surface area contributed by atoms with E-state index in [1.54, 1.807) is 4.90 Å². The van der Waals surface area contributed by atoms with E-state index in [1.165, 1.54) is 0 Å². The maximum Gasteiger partial charge on any atom is 0.0949 e. The smallest absolute Gasteiger partial charge is 0.0949 e. The molecule has 0 aromatic carbocycles. The third-order valence-electron chi connectivity index (χ3n) is 0.875. The monoisotopic (exact) mass is 130 g/mol. The Morgan fingerprint density at radius 2 is 1.67 bits per heavy atom. The average Bonchev–Trinajstić information content (AvgIpc) is 1.91. The lowest BCUT2D eigenvalue weighted by Gasteiger charge is -2.09. The number of rotatable bonds is 1. The molecule has 0 saturated heterocycles. The topological polar surface area (TPSA) is 27.1 Å². The first-order chi connectivity index (χ1) is 4.18. The molecule has 0 rings (SSSR count). The Balaban J connectivity index is 0. The molecule has 0 saturated carbocycles. The van der Waals surface area contributed by atoms with Gasteiger partial charge in [-0.2, -0.15) is 0 Å². The summed E-state index contributed by atoms with van der Waals surface area (Å²) in [5.74, 6) is 0.681. The lowest BCUT2D eigenvalue weighted by Crippen LogP contribution is -2.19. The summed E-state index contributed by atoms with van der Waals surface area (Å²) in [6.45, 7) is 5.97. The molecule has 0 heterocycles. The van der Waals surface area contributed by atoms with Crippen LogP contribution < -0.4 is 0 Å². The highest BCUT2D eigenvalue weighted by Crippen LogP contribution is 1.82. The van der Waals surface area contributed by atoms with Crippen molar-refractivity contribution in [1.82, 2.24) is 4.90 Å². The Bertz CT molecular complexity index is 67.3. The maximum absolute atomic E-state index is 7.12. The van der Waals surface area contributed by atoms with Crippen LogP contribution in [-0.2, 0) is 0 Å². The Morgan fingerprint density at radius 3 is 1.67 bits per heavy atom. The predicted octanol–water partition coefficient (Wildman–Crippen LogP) is 1.96. The zero-order valence-electron chi connectivity index (χ0n) is 7.15. The maximum atomic E-state index is 7.12. The molecule has 0 atom stereocenters. The summed E-state index contributed by atoms with van der Waals surface area (Å²) < 4.78 is 0.